The fourth-order valence-corrected chi connectivity index (χ4v) is 2.58. The summed E-state index contributed by atoms with van der Waals surface area (Å²) in [5.41, 5.74) is 2.55. The minimum absolute atomic E-state index is 0.0419. The number of ether oxygens (including phenoxy) is 1. The molecule has 0 atom stereocenters. The zero-order valence-electron chi connectivity index (χ0n) is 13.9. The van der Waals surface area contributed by atoms with Crippen molar-refractivity contribution >= 4 is 18.4 Å². The van der Waals surface area contributed by atoms with Crippen LogP contribution in [-0.4, -0.2) is 32.8 Å². The first kappa shape index (κ1) is 16.9. The standard InChI is InChI=1S/C18H18N4O2S/c1-3-24-15-9-5-8-14(16(15)23)11-19-22-17(20-21-18(22)25)13-7-4-6-12(2)10-13/h4-11,23H,3H2,1-2H3,(H,21,25)/b19-11-. The van der Waals surface area contributed by atoms with Gasteiger partial charge in [-0.15, -0.1) is 0 Å². The maximum atomic E-state index is 10.3. The first-order valence-corrected chi connectivity index (χ1v) is 8.24. The molecular weight excluding hydrogens is 336 g/mol. The van der Waals surface area contributed by atoms with E-state index in [9.17, 15) is 5.11 Å². The van der Waals surface area contributed by atoms with Crippen molar-refractivity contribution in [2.45, 2.75) is 13.8 Å². The molecule has 0 aliphatic heterocycles. The number of hydrogen-bond donors (Lipinski definition) is 2. The molecule has 1 heterocycles. The number of phenolic OH excluding ortho intramolecular Hbond substituents is 1. The molecule has 0 saturated heterocycles. The van der Waals surface area contributed by atoms with Gasteiger partial charge in [-0.05, 0) is 44.3 Å². The van der Waals surface area contributed by atoms with Crippen LogP contribution in [0.15, 0.2) is 47.6 Å². The Kier molecular flexibility index (Phi) is 4.95. The lowest BCUT2D eigenvalue weighted by Crippen LogP contribution is -1.97. The van der Waals surface area contributed by atoms with Crippen LogP contribution >= 0.6 is 12.2 Å². The average molecular weight is 354 g/mol. The van der Waals surface area contributed by atoms with Gasteiger partial charge in [-0.2, -0.15) is 14.9 Å². The molecule has 7 heteroatoms. The van der Waals surface area contributed by atoms with Gasteiger partial charge in [0.15, 0.2) is 17.3 Å². The normalized spacial score (nSPS) is 11.1. The Morgan fingerprint density at radius 3 is 2.88 bits per heavy atom. The number of phenols is 1. The molecule has 0 aliphatic rings. The minimum atomic E-state index is 0.0419. The number of aryl methyl sites for hydroxylation is 1. The molecule has 3 aromatic rings. The van der Waals surface area contributed by atoms with Crippen molar-refractivity contribution in [3.05, 3.63) is 58.4 Å². The molecule has 128 valence electrons. The Hall–Kier alpha value is -2.93. The average Bonchev–Trinajstić information content (AvgIpc) is 2.97. The van der Waals surface area contributed by atoms with Crippen LogP contribution < -0.4 is 4.74 Å². The van der Waals surface area contributed by atoms with Crippen LogP contribution in [0.5, 0.6) is 11.5 Å². The lowest BCUT2D eigenvalue weighted by Gasteiger charge is -2.07. The molecule has 0 radical (unpaired) electrons. The number of aromatic amines is 1. The van der Waals surface area contributed by atoms with Gasteiger partial charge in [-0.1, -0.05) is 29.8 Å². The number of H-pyrrole nitrogens is 1. The lowest BCUT2D eigenvalue weighted by atomic mass is 10.1. The van der Waals surface area contributed by atoms with Crippen LogP contribution in [0.3, 0.4) is 0 Å². The number of nitrogens with zero attached hydrogens (tertiary/aromatic N) is 3. The van der Waals surface area contributed by atoms with Gasteiger partial charge in [0.1, 0.15) is 0 Å². The van der Waals surface area contributed by atoms with Crippen molar-refractivity contribution in [1.29, 1.82) is 0 Å². The van der Waals surface area contributed by atoms with Crippen molar-refractivity contribution in [2.24, 2.45) is 5.10 Å². The second kappa shape index (κ2) is 7.31. The van der Waals surface area contributed by atoms with Gasteiger partial charge in [-0.25, -0.2) is 5.10 Å². The highest BCUT2D eigenvalue weighted by Crippen LogP contribution is 2.28. The number of hydrogen-bond acceptors (Lipinski definition) is 5. The molecule has 25 heavy (non-hydrogen) atoms. The monoisotopic (exact) mass is 354 g/mol. The molecule has 0 amide bonds. The Balaban J connectivity index is 1.99. The Morgan fingerprint density at radius 1 is 1.32 bits per heavy atom. The molecule has 0 unspecified atom stereocenters. The molecule has 2 aromatic carbocycles. The highest BCUT2D eigenvalue weighted by Gasteiger charge is 2.09. The number of nitrogens with one attached hydrogen (secondary N) is 1. The summed E-state index contributed by atoms with van der Waals surface area (Å²) < 4.78 is 7.28. The van der Waals surface area contributed by atoms with E-state index in [1.54, 1.807) is 18.2 Å². The van der Waals surface area contributed by atoms with Crippen molar-refractivity contribution in [1.82, 2.24) is 14.9 Å². The largest absolute Gasteiger partial charge is 0.504 e. The summed E-state index contributed by atoms with van der Waals surface area (Å²) in [6, 6.07) is 13.2. The van der Waals surface area contributed by atoms with Crippen molar-refractivity contribution in [3.8, 4) is 22.9 Å². The quantitative estimate of drug-likeness (QED) is 0.538. The fourth-order valence-electron chi connectivity index (χ4n) is 2.41. The van der Waals surface area contributed by atoms with E-state index in [0.29, 0.717) is 28.5 Å². The summed E-state index contributed by atoms with van der Waals surface area (Å²) >= 11 is 5.27. The van der Waals surface area contributed by atoms with Gasteiger partial charge in [0.05, 0.1) is 12.8 Å². The predicted molar refractivity (Wildman–Crippen MR) is 99.9 cm³/mol. The summed E-state index contributed by atoms with van der Waals surface area (Å²) in [4.78, 5) is 0. The van der Waals surface area contributed by atoms with Crippen LogP contribution in [0, 0.1) is 11.7 Å². The summed E-state index contributed by atoms with van der Waals surface area (Å²) in [5, 5.41) is 21.7. The maximum Gasteiger partial charge on any atom is 0.216 e. The van der Waals surface area contributed by atoms with Gasteiger partial charge >= 0.3 is 0 Å². The Bertz CT molecular complexity index is 975. The number of benzene rings is 2. The van der Waals surface area contributed by atoms with Crippen LogP contribution in [-0.2, 0) is 0 Å². The van der Waals surface area contributed by atoms with E-state index >= 15 is 0 Å². The highest BCUT2D eigenvalue weighted by molar-refractivity contribution is 7.71. The first-order chi connectivity index (χ1) is 12.1. The molecule has 0 spiro atoms. The number of aromatic nitrogens is 3. The van der Waals surface area contributed by atoms with Crippen LogP contribution in [0.1, 0.15) is 18.1 Å². The van der Waals surface area contributed by atoms with Crippen molar-refractivity contribution in [3.63, 3.8) is 0 Å². The smallest absolute Gasteiger partial charge is 0.216 e. The molecule has 6 nitrogen and oxygen atoms in total. The number of rotatable bonds is 5. The summed E-state index contributed by atoms with van der Waals surface area (Å²) in [5.74, 6) is 1.06. The molecule has 0 fully saturated rings. The van der Waals surface area contributed by atoms with Crippen molar-refractivity contribution < 1.29 is 9.84 Å². The molecule has 0 aliphatic carbocycles. The third kappa shape index (κ3) is 3.61. The van der Waals surface area contributed by atoms with Gasteiger partial charge in [-0.3, -0.25) is 0 Å². The summed E-state index contributed by atoms with van der Waals surface area (Å²) in [6.07, 6.45) is 1.53. The van der Waals surface area contributed by atoms with Gasteiger partial charge in [0, 0.05) is 11.1 Å². The molecule has 0 bridgehead atoms. The molecule has 2 N–H and O–H groups in total. The zero-order valence-corrected chi connectivity index (χ0v) is 14.7. The van der Waals surface area contributed by atoms with E-state index in [0.717, 1.165) is 11.1 Å². The van der Waals surface area contributed by atoms with Crippen molar-refractivity contribution in [2.75, 3.05) is 6.61 Å². The Labute approximate surface area is 150 Å². The van der Waals surface area contributed by atoms with Crippen LogP contribution in [0.25, 0.3) is 11.4 Å². The van der Waals surface area contributed by atoms with E-state index in [-0.39, 0.29) is 5.75 Å². The van der Waals surface area contributed by atoms with E-state index in [1.807, 2.05) is 38.1 Å². The molecule has 0 saturated carbocycles. The second-order valence-electron chi connectivity index (χ2n) is 5.41. The third-order valence-electron chi connectivity index (χ3n) is 3.57. The minimum Gasteiger partial charge on any atom is -0.504 e. The lowest BCUT2D eigenvalue weighted by molar-refractivity contribution is 0.318. The van der Waals surface area contributed by atoms with E-state index in [1.165, 1.54) is 10.9 Å². The molecule has 3 rings (SSSR count). The first-order valence-electron chi connectivity index (χ1n) is 7.83. The maximum absolute atomic E-state index is 10.3. The van der Waals surface area contributed by atoms with Gasteiger partial charge < -0.3 is 9.84 Å². The predicted octanol–water partition coefficient (Wildman–Crippen LogP) is 3.90. The third-order valence-corrected chi connectivity index (χ3v) is 3.83. The van der Waals surface area contributed by atoms with E-state index in [4.69, 9.17) is 17.0 Å². The van der Waals surface area contributed by atoms with E-state index in [2.05, 4.69) is 15.3 Å². The zero-order chi connectivity index (χ0) is 17.8. The topological polar surface area (TPSA) is 75.4 Å². The summed E-state index contributed by atoms with van der Waals surface area (Å²) in [6.45, 7) is 4.34. The number of aromatic hydroxyl groups is 1. The SMILES string of the molecule is CCOc1cccc(/C=N\n2c(-c3cccc(C)c3)n[nH]c2=S)c1O. The summed E-state index contributed by atoms with van der Waals surface area (Å²) in [7, 11) is 0. The van der Waals surface area contributed by atoms with Crippen LogP contribution in [0.4, 0.5) is 0 Å². The number of para-hydroxylation sites is 1. The molecular formula is C18H18N4O2S. The van der Waals surface area contributed by atoms with Crippen LogP contribution in [0.2, 0.25) is 0 Å². The van der Waals surface area contributed by atoms with Gasteiger partial charge in [0.2, 0.25) is 4.77 Å². The highest BCUT2D eigenvalue weighted by atomic mass is 32.1. The molecule has 1 aromatic heterocycles. The van der Waals surface area contributed by atoms with E-state index < -0.39 is 0 Å². The Morgan fingerprint density at radius 2 is 2.12 bits per heavy atom. The second-order valence-corrected chi connectivity index (χ2v) is 5.79. The van der Waals surface area contributed by atoms with Gasteiger partial charge in [0.25, 0.3) is 0 Å². The fraction of sp³-hybridized carbons (Fsp3) is 0.167.